The summed E-state index contributed by atoms with van der Waals surface area (Å²) in [5.74, 6) is 0.387. The lowest BCUT2D eigenvalue weighted by atomic mass is 9.99. The third kappa shape index (κ3) is 3.31. The van der Waals surface area contributed by atoms with Crippen molar-refractivity contribution in [2.24, 2.45) is 0 Å². The maximum Gasteiger partial charge on any atom is 0.276 e. The average molecular weight is 403 g/mol. The molecule has 0 radical (unpaired) electrons. The fourth-order valence-electron chi connectivity index (χ4n) is 4.52. The standard InChI is InChI=1S/C19H26N6O2S/c26-28(27,20-8-11-25-9-3-10-25)19-22-18(23-24-19)21-17-15-6-1-4-13(15)12-14-5-2-7-16(14)17/h12,20H,1-11H2,(H2,21,22,23,24). The number of hydrogen-bond acceptors (Lipinski definition) is 6. The van der Waals surface area contributed by atoms with Gasteiger partial charge in [0.15, 0.2) is 0 Å². The molecule has 0 unspecified atom stereocenters. The second-order valence-corrected chi connectivity index (χ2v) is 9.61. The van der Waals surface area contributed by atoms with Gasteiger partial charge in [-0.05, 0) is 80.3 Å². The van der Waals surface area contributed by atoms with Gasteiger partial charge in [0.1, 0.15) is 0 Å². The zero-order valence-corrected chi connectivity index (χ0v) is 16.7. The number of nitrogens with one attached hydrogen (secondary N) is 3. The lowest BCUT2D eigenvalue weighted by molar-refractivity contribution is 0.185. The quantitative estimate of drug-likeness (QED) is 0.649. The van der Waals surface area contributed by atoms with E-state index in [9.17, 15) is 8.42 Å². The van der Waals surface area contributed by atoms with Gasteiger partial charge in [0, 0.05) is 18.8 Å². The van der Waals surface area contributed by atoms with E-state index in [2.05, 4.69) is 36.2 Å². The molecule has 0 bridgehead atoms. The minimum Gasteiger partial charge on any atom is -0.324 e. The number of sulfonamides is 1. The van der Waals surface area contributed by atoms with Crippen molar-refractivity contribution in [1.82, 2.24) is 24.8 Å². The Kier molecular flexibility index (Phi) is 4.60. The first-order chi connectivity index (χ1) is 13.6. The Labute approximate surface area is 165 Å². The van der Waals surface area contributed by atoms with Crippen molar-refractivity contribution in [2.45, 2.75) is 50.1 Å². The highest BCUT2D eigenvalue weighted by Crippen LogP contribution is 2.39. The van der Waals surface area contributed by atoms with E-state index in [1.165, 1.54) is 41.5 Å². The van der Waals surface area contributed by atoms with Crippen LogP contribution in [0.3, 0.4) is 0 Å². The zero-order chi connectivity index (χ0) is 19.1. The molecule has 8 nitrogen and oxygen atoms in total. The number of hydrogen-bond donors (Lipinski definition) is 3. The summed E-state index contributed by atoms with van der Waals surface area (Å²) >= 11 is 0. The van der Waals surface area contributed by atoms with Crippen LogP contribution in [-0.4, -0.2) is 54.7 Å². The first kappa shape index (κ1) is 18.1. The van der Waals surface area contributed by atoms with Crippen LogP contribution in [0.4, 0.5) is 11.6 Å². The van der Waals surface area contributed by atoms with Crippen LogP contribution in [0.25, 0.3) is 0 Å². The number of fused-ring (bicyclic) bond motifs is 2. The summed E-state index contributed by atoms with van der Waals surface area (Å²) in [7, 11) is -3.68. The summed E-state index contributed by atoms with van der Waals surface area (Å²) in [6, 6.07) is 2.37. The van der Waals surface area contributed by atoms with Crippen molar-refractivity contribution in [3.63, 3.8) is 0 Å². The van der Waals surface area contributed by atoms with Gasteiger partial charge in [-0.3, -0.25) is 4.98 Å². The third-order valence-corrected chi connectivity index (χ3v) is 7.38. The van der Waals surface area contributed by atoms with Crippen LogP contribution >= 0.6 is 0 Å². The van der Waals surface area contributed by atoms with Gasteiger partial charge in [0.25, 0.3) is 15.2 Å². The summed E-state index contributed by atoms with van der Waals surface area (Å²) in [6.07, 6.45) is 7.89. The van der Waals surface area contributed by atoms with E-state index in [4.69, 9.17) is 0 Å². The monoisotopic (exact) mass is 402 g/mol. The van der Waals surface area contributed by atoms with Gasteiger partial charge in [-0.25, -0.2) is 13.1 Å². The largest absolute Gasteiger partial charge is 0.324 e. The molecule has 5 rings (SSSR count). The summed E-state index contributed by atoms with van der Waals surface area (Å²) < 4.78 is 27.5. The zero-order valence-electron chi connectivity index (χ0n) is 15.9. The van der Waals surface area contributed by atoms with E-state index < -0.39 is 10.0 Å². The molecule has 1 saturated heterocycles. The number of H-pyrrole nitrogens is 1. The number of nitrogens with zero attached hydrogens (tertiary/aromatic N) is 3. The van der Waals surface area contributed by atoms with Gasteiger partial charge in [-0.2, -0.15) is 0 Å². The van der Waals surface area contributed by atoms with E-state index >= 15 is 0 Å². The highest BCUT2D eigenvalue weighted by atomic mass is 32.2. The molecule has 0 amide bonds. The highest BCUT2D eigenvalue weighted by molar-refractivity contribution is 7.89. The smallest absolute Gasteiger partial charge is 0.276 e. The Bertz CT molecular complexity index is 964. The van der Waals surface area contributed by atoms with Crippen molar-refractivity contribution in [3.05, 3.63) is 28.3 Å². The summed E-state index contributed by atoms with van der Waals surface area (Å²) in [5.41, 5.74) is 6.67. The number of aromatic nitrogens is 3. The van der Waals surface area contributed by atoms with Crippen molar-refractivity contribution in [2.75, 3.05) is 31.5 Å². The molecule has 0 spiro atoms. The molecular formula is C19H26N6O2S. The molecule has 0 saturated carbocycles. The fourth-order valence-corrected chi connectivity index (χ4v) is 5.40. The van der Waals surface area contributed by atoms with E-state index in [-0.39, 0.29) is 5.16 Å². The Hall–Kier alpha value is -1.97. The maximum atomic E-state index is 12.5. The Balaban J connectivity index is 1.33. The van der Waals surface area contributed by atoms with Crippen molar-refractivity contribution in [1.29, 1.82) is 0 Å². The van der Waals surface area contributed by atoms with E-state index in [1.807, 2.05) is 0 Å². The van der Waals surface area contributed by atoms with Crippen molar-refractivity contribution < 1.29 is 8.42 Å². The Morgan fingerprint density at radius 3 is 2.36 bits per heavy atom. The van der Waals surface area contributed by atoms with Crippen LogP contribution in [0.1, 0.15) is 41.5 Å². The van der Waals surface area contributed by atoms with Gasteiger partial charge in [-0.1, -0.05) is 6.07 Å². The van der Waals surface area contributed by atoms with Crippen molar-refractivity contribution >= 4 is 21.7 Å². The van der Waals surface area contributed by atoms with Gasteiger partial charge in [0.2, 0.25) is 5.95 Å². The predicted molar refractivity (Wildman–Crippen MR) is 106 cm³/mol. The van der Waals surface area contributed by atoms with Crippen LogP contribution in [-0.2, 0) is 35.7 Å². The minimum atomic E-state index is -3.68. The van der Waals surface area contributed by atoms with Crippen LogP contribution in [0.15, 0.2) is 11.2 Å². The van der Waals surface area contributed by atoms with E-state index in [0.717, 1.165) is 51.0 Å². The molecule has 3 N–H and O–H groups in total. The van der Waals surface area contributed by atoms with E-state index in [1.54, 1.807) is 0 Å². The van der Waals surface area contributed by atoms with Crippen LogP contribution < -0.4 is 10.0 Å². The molecule has 2 aliphatic carbocycles. The number of benzene rings is 1. The number of anilines is 2. The molecule has 1 aromatic carbocycles. The molecule has 1 aromatic heterocycles. The normalized spacial score (nSPS) is 18.7. The van der Waals surface area contributed by atoms with Crippen LogP contribution in [0.5, 0.6) is 0 Å². The topological polar surface area (TPSA) is 103 Å². The first-order valence-corrected chi connectivity index (χ1v) is 11.7. The lowest BCUT2D eigenvalue weighted by Gasteiger charge is -2.30. The third-order valence-electron chi connectivity index (χ3n) is 6.11. The average Bonchev–Trinajstić information content (AvgIpc) is 3.36. The molecule has 28 heavy (non-hydrogen) atoms. The molecular weight excluding hydrogens is 376 g/mol. The van der Waals surface area contributed by atoms with Crippen LogP contribution in [0.2, 0.25) is 0 Å². The molecule has 1 aliphatic heterocycles. The molecule has 0 atom stereocenters. The van der Waals surface area contributed by atoms with Gasteiger partial charge < -0.3 is 10.2 Å². The molecule has 3 aliphatic rings. The highest BCUT2D eigenvalue weighted by Gasteiger charge is 2.26. The Morgan fingerprint density at radius 2 is 1.71 bits per heavy atom. The predicted octanol–water partition coefficient (Wildman–Crippen LogP) is 1.51. The molecule has 2 heterocycles. The number of aromatic amines is 1. The SMILES string of the molecule is O=S(=O)(NCCN1CCC1)c1nnc(Nc2c3c(cc4c2CCC4)CCC3)[nH]1. The lowest BCUT2D eigenvalue weighted by Crippen LogP contribution is -2.42. The van der Waals surface area contributed by atoms with Crippen LogP contribution in [0, 0.1) is 0 Å². The number of rotatable bonds is 7. The minimum absolute atomic E-state index is 0.136. The molecule has 150 valence electrons. The summed E-state index contributed by atoms with van der Waals surface area (Å²) in [6.45, 7) is 3.19. The molecule has 9 heteroatoms. The first-order valence-electron chi connectivity index (χ1n) is 10.2. The maximum absolute atomic E-state index is 12.5. The molecule has 2 aromatic rings. The fraction of sp³-hybridized carbons (Fsp3) is 0.579. The summed E-state index contributed by atoms with van der Waals surface area (Å²) in [4.78, 5) is 5.07. The second-order valence-electron chi connectivity index (χ2n) is 7.93. The number of aryl methyl sites for hydroxylation is 2. The molecule has 1 fully saturated rings. The summed E-state index contributed by atoms with van der Waals surface area (Å²) in [5, 5.41) is 11.1. The van der Waals surface area contributed by atoms with E-state index in [0.29, 0.717) is 12.5 Å². The number of likely N-dealkylation sites (tertiary alicyclic amines) is 1. The van der Waals surface area contributed by atoms with Gasteiger partial charge >= 0.3 is 0 Å². The Morgan fingerprint density at radius 1 is 1.00 bits per heavy atom. The second kappa shape index (κ2) is 7.13. The van der Waals surface area contributed by atoms with Gasteiger partial charge in [-0.15, -0.1) is 10.2 Å². The van der Waals surface area contributed by atoms with Crippen molar-refractivity contribution in [3.8, 4) is 0 Å². The van der Waals surface area contributed by atoms with Gasteiger partial charge in [0.05, 0.1) is 0 Å².